The first-order valence-corrected chi connectivity index (χ1v) is 10.1. The van der Waals surface area contributed by atoms with Gasteiger partial charge in [-0.1, -0.05) is 50.0 Å². The Kier molecular flexibility index (Phi) is 3.65. The summed E-state index contributed by atoms with van der Waals surface area (Å²) < 4.78 is 1.89. The second-order valence-electron chi connectivity index (χ2n) is 6.23. The highest BCUT2D eigenvalue weighted by Gasteiger charge is 2.39. The van der Waals surface area contributed by atoms with Crippen LogP contribution in [0.25, 0.3) is 0 Å². The molecule has 1 atom stereocenters. The second-order valence-corrected chi connectivity index (χ2v) is 11.7. The molecule has 1 aromatic carbocycles. The number of rotatable bonds is 4. The molecule has 0 saturated carbocycles. The third kappa shape index (κ3) is 2.96. The van der Waals surface area contributed by atoms with E-state index in [1.54, 1.807) is 6.20 Å². The van der Waals surface area contributed by atoms with Gasteiger partial charge in [0.1, 0.15) is 0 Å². The normalized spacial score (nSPS) is 15.2. The summed E-state index contributed by atoms with van der Waals surface area (Å²) in [6.07, 6.45) is 3.76. The van der Waals surface area contributed by atoms with Gasteiger partial charge < -0.3 is 5.11 Å². The quantitative estimate of drug-likeness (QED) is 0.870. The van der Waals surface area contributed by atoms with E-state index < -0.39 is 13.3 Å². The van der Waals surface area contributed by atoms with Crippen LogP contribution in [0.5, 0.6) is 0 Å². The van der Waals surface area contributed by atoms with Crippen LogP contribution in [0.1, 0.15) is 18.1 Å². The maximum absolute atomic E-state index is 10.7. The highest BCUT2D eigenvalue weighted by Crippen LogP contribution is 2.30. The third-order valence-electron chi connectivity index (χ3n) is 3.84. The van der Waals surface area contributed by atoms with E-state index in [0.29, 0.717) is 0 Å². The molecular formula is C15H22N2OSi. The van der Waals surface area contributed by atoms with Crippen molar-refractivity contribution in [2.45, 2.75) is 38.3 Å². The Morgan fingerprint density at radius 3 is 2.42 bits per heavy atom. The van der Waals surface area contributed by atoms with Gasteiger partial charge in [0.15, 0.2) is 0 Å². The maximum Gasteiger partial charge on any atom is 0.0875 e. The number of hydrogen-bond acceptors (Lipinski definition) is 2. The molecule has 102 valence electrons. The zero-order valence-electron chi connectivity index (χ0n) is 12.1. The monoisotopic (exact) mass is 274 g/mol. The minimum absolute atomic E-state index is 0.739. The first-order valence-electron chi connectivity index (χ1n) is 6.60. The lowest BCUT2D eigenvalue weighted by molar-refractivity contribution is 0.136. The molecule has 0 saturated heterocycles. The number of hydrogen-bond donors (Lipinski definition) is 1. The van der Waals surface area contributed by atoms with Gasteiger partial charge in [-0.2, -0.15) is 5.10 Å². The lowest BCUT2D eigenvalue weighted by Crippen LogP contribution is -2.46. The van der Waals surface area contributed by atoms with Crippen molar-refractivity contribution in [2.75, 3.05) is 0 Å². The van der Waals surface area contributed by atoms with Crippen molar-refractivity contribution in [3.63, 3.8) is 0 Å². The van der Waals surface area contributed by atoms with E-state index in [0.717, 1.165) is 12.1 Å². The van der Waals surface area contributed by atoms with Crippen LogP contribution in [0.4, 0.5) is 0 Å². The van der Waals surface area contributed by atoms with E-state index in [2.05, 4.69) is 36.9 Å². The van der Waals surface area contributed by atoms with Gasteiger partial charge >= 0.3 is 0 Å². The molecule has 0 spiro atoms. The highest BCUT2D eigenvalue weighted by molar-refractivity contribution is 6.78. The molecule has 2 rings (SSSR count). The molecule has 0 bridgehead atoms. The van der Waals surface area contributed by atoms with Crippen molar-refractivity contribution in [2.24, 2.45) is 0 Å². The molecule has 1 heterocycles. The van der Waals surface area contributed by atoms with Crippen molar-refractivity contribution < 1.29 is 5.11 Å². The standard InChI is InChI=1S/C15H22N2OSi/c1-15(18,19(2,3)4)14-10-16-17(12-14)11-13-8-6-5-7-9-13/h5-10,12,18H,11H2,1-4H3. The van der Waals surface area contributed by atoms with Crippen molar-refractivity contribution >= 4 is 8.07 Å². The van der Waals surface area contributed by atoms with Crippen LogP contribution < -0.4 is 0 Å². The fraction of sp³-hybridized carbons (Fsp3) is 0.400. The summed E-state index contributed by atoms with van der Waals surface area (Å²) in [5.74, 6) is 0. The smallest absolute Gasteiger partial charge is 0.0875 e. The molecule has 1 unspecified atom stereocenters. The molecule has 19 heavy (non-hydrogen) atoms. The average Bonchev–Trinajstić information content (AvgIpc) is 2.78. The van der Waals surface area contributed by atoms with E-state index in [-0.39, 0.29) is 0 Å². The first kappa shape index (κ1) is 14.0. The molecule has 0 aliphatic heterocycles. The summed E-state index contributed by atoms with van der Waals surface area (Å²) in [5, 5.41) is 14.3. The number of nitrogens with zero attached hydrogens (tertiary/aromatic N) is 2. The Labute approximate surface area is 115 Å². The third-order valence-corrected chi connectivity index (χ3v) is 7.05. The first-order chi connectivity index (χ1) is 8.80. The van der Waals surface area contributed by atoms with Gasteiger partial charge in [-0.05, 0) is 12.5 Å². The highest BCUT2D eigenvalue weighted by atomic mass is 28.3. The maximum atomic E-state index is 10.7. The SMILES string of the molecule is CC(O)(c1cnn(Cc2ccccc2)c1)[Si](C)(C)C. The van der Waals surface area contributed by atoms with Crippen molar-refractivity contribution in [3.05, 3.63) is 53.9 Å². The Morgan fingerprint density at radius 2 is 1.84 bits per heavy atom. The fourth-order valence-corrected chi connectivity index (χ4v) is 2.90. The molecule has 2 aromatic rings. The van der Waals surface area contributed by atoms with Crippen molar-refractivity contribution in [1.29, 1.82) is 0 Å². The van der Waals surface area contributed by atoms with Gasteiger partial charge in [0.2, 0.25) is 0 Å². The summed E-state index contributed by atoms with van der Waals surface area (Å²) >= 11 is 0. The van der Waals surface area contributed by atoms with Crippen LogP contribution in [0.3, 0.4) is 0 Å². The number of aromatic nitrogens is 2. The number of benzene rings is 1. The molecular weight excluding hydrogens is 252 g/mol. The zero-order chi connectivity index (χ0) is 14.1. The van der Waals surface area contributed by atoms with Gasteiger partial charge in [-0.15, -0.1) is 0 Å². The van der Waals surface area contributed by atoms with E-state index >= 15 is 0 Å². The molecule has 1 aromatic heterocycles. The van der Waals surface area contributed by atoms with E-state index in [1.807, 2.05) is 36.0 Å². The van der Waals surface area contributed by atoms with Crippen LogP contribution in [0.2, 0.25) is 19.6 Å². The molecule has 0 amide bonds. The van der Waals surface area contributed by atoms with E-state index in [1.165, 1.54) is 5.56 Å². The van der Waals surface area contributed by atoms with Crippen LogP contribution in [-0.2, 0) is 11.8 Å². The molecule has 1 N–H and O–H groups in total. The van der Waals surface area contributed by atoms with Crippen LogP contribution in [-0.4, -0.2) is 23.0 Å². The predicted molar refractivity (Wildman–Crippen MR) is 80.7 cm³/mol. The topological polar surface area (TPSA) is 38.1 Å². The fourth-order valence-electron chi connectivity index (χ4n) is 1.90. The largest absolute Gasteiger partial charge is 0.389 e. The van der Waals surface area contributed by atoms with Crippen LogP contribution in [0.15, 0.2) is 42.7 Å². The number of aliphatic hydroxyl groups is 1. The van der Waals surface area contributed by atoms with Crippen molar-refractivity contribution in [3.8, 4) is 0 Å². The van der Waals surface area contributed by atoms with E-state index in [4.69, 9.17) is 0 Å². The Hall–Kier alpha value is -1.39. The Balaban J connectivity index is 2.20. The van der Waals surface area contributed by atoms with Gasteiger partial charge in [0.25, 0.3) is 0 Å². The van der Waals surface area contributed by atoms with Crippen LogP contribution in [0, 0.1) is 0 Å². The second kappa shape index (κ2) is 4.94. The lowest BCUT2D eigenvalue weighted by atomic mass is 10.2. The van der Waals surface area contributed by atoms with Gasteiger partial charge in [-0.25, -0.2) is 0 Å². The molecule has 0 radical (unpaired) electrons. The summed E-state index contributed by atoms with van der Waals surface area (Å²) in [4.78, 5) is 0. The van der Waals surface area contributed by atoms with Gasteiger partial charge in [-0.3, -0.25) is 4.68 Å². The summed E-state index contributed by atoms with van der Waals surface area (Å²) in [5.41, 5.74) is 2.13. The minimum atomic E-state index is -1.70. The van der Waals surface area contributed by atoms with Crippen molar-refractivity contribution in [1.82, 2.24) is 9.78 Å². The van der Waals surface area contributed by atoms with Gasteiger partial charge in [0, 0.05) is 11.8 Å². The lowest BCUT2D eigenvalue weighted by Gasteiger charge is -2.34. The summed E-state index contributed by atoms with van der Waals surface area (Å²) in [7, 11) is -1.70. The average molecular weight is 274 g/mol. The molecule has 0 aliphatic rings. The summed E-state index contributed by atoms with van der Waals surface area (Å²) in [6, 6.07) is 10.2. The molecule has 3 nitrogen and oxygen atoms in total. The Bertz CT molecular complexity index is 541. The Morgan fingerprint density at radius 1 is 1.21 bits per heavy atom. The predicted octanol–water partition coefficient (Wildman–Crippen LogP) is 3.02. The zero-order valence-corrected chi connectivity index (χ0v) is 13.1. The van der Waals surface area contributed by atoms with E-state index in [9.17, 15) is 5.11 Å². The molecule has 4 heteroatoms. The van der Waals surface area contributed by atoms with Crippen LogP contribution >= 0.6 is 0 Å². The molecule has 0 fully saturated rings. The minimum Gasteiger partial charge on any atom is -0.389 e. The van der Waals surface area contributed by atoms with Gasteiger partial charge in [0.05, 0.1) is 26.0 Å². The summed E-state index contributed by atoms with van der Waals surface area (Å²) in [6.45, 7) is 9.15. The molecule has 0 aliphatic carbocycles.